The van der Waals surface area contributed by atoms with E-state index in [0.717, 1.165) is 29.9 Å². The Morgan fingerprint density at radius 2 is 1.60 bits per heavy atom. The van der Waals surface area contributed by atoms with Crippen LogP contribution in [0.5, 0.6) is 0 Å². The van der Waals surface area contributed by atoms with Crippen LogP contribution in [0, 0.1) is 5.82 Å². The second kappa shape index (κ2) is 10.7. The first-order chi connectivity index (χ1) is 17.2. The Bertz CT molecular complexity index is 1270. The Kier molecular flexibility index (Phi) is 7.09. The first kappa shape index (κ1) is 23.1. The molecule has 2 heterocycles. The maximum atomic E-state index is 13.4. The quantitative estimate of drug-likeness (QED) is 0.351. The van der Waals surface area contributed by atoms with Gasteiger partial charge in [-0.2, -0.15) is 0 Å². The normalized spacial score (nSPS) is 13.2. The second-order valence-corrected chi connectivity index (χ2v) is 9.35. The maximum absolute atomic E-state index is 13.4. The number of amides is 1. The summed E-state index contributed by atoms with van der Waals surface area (Å²) < 4.78 is 15.3. The lowest BCUT2D eigenvalue weighted by atomic mass is 10.2. The molecule has 0 aliphatic carbocycles. The molecule has 5 rings (SSSR count). The molecule has 3 aromatic carbocycles. The first-order valence-corrected chi connectivity index (χ1v) is 12.7. The molecule has 0 bridgehead atoms. The number of benzene rings is 3. The van der Waals surface area contributed by atoms with Gasteiger partial charge in [0.1, 0.15) is 5.82 Å². The molecule has 0 radical (unpaired) electrons. The predicted octanol–water partition coefficient (Wildman–Crippen LogP) is 5.08. The van der Waals surface area contributed by atoms with Gasteiger partial charge in [-0.1, -0.05) is 42.1 Å². The number of hydrogen-bond acceptors (Lipinski definition) is 5. The summed E-state index contributed by atoms with van der Waals surface area (Å²) in [7, 11) is 0. The zero-order valence-corrected chi connectivity index (χ0v) is 20.0. The van der Waals surface area contributed by atoms with Crippen molar-refractivity contribution in [3.63, 3.8) is 0 Å². The highest BCUT2D eigenvalue weighted by molar-refractivity contribution is 7.99. The summed E-state index contributed by atoms with van der Waals surface area (Å²) in [5.41, 5.74) is 3.93. The van der Waals surface area contributed by atoms with E-state index in [-0.39, 0.29) is 17.5 Å². The second-order valence-electron chi connectivity index (χ2n) is 8.41. The van der Waals surface area contributed by atoms with Crippen molar-refractivity contribution in [3.05, 3.63) is 90.2 Å². The fourth-order valence-corrected chi connectivity index (χ4v) is 4.92. The van der Waals surface area contributed by atoms with Crippen LogP contribution in [0.3, 0.4) is 0 Å². The number of anilines is 1. The van der Waals surface area contributed by atoms with Crippen molar-refractivity contribution in [2.45, 2.75) is 24.5 Å². The molecule has 35 heavy (non-hydrogen) atoms. The number of carbonyl (C=O) groups excluding carboxylic acids is 1. The van der Waals surface area contributed by atoms with Gasteiger partial charge in [0.25, 0.3) is 0 Å². The van der Waals surface area contributed by atoms with Crippen LogP contribution in [0.15, 0.2) is 84.0 Å². The monoisotopic (exact) mass is 487 g/mol. The van der Waals surface area contributed by atoms with Crippen molar-refractivity contribution in [1.29, 1.82) is 0 Å². The molecule has 1 aromatic heterocycles. The molecule has 8 heteroatoms. The largest absolute Gasteiger partial charge is 0.372 e. The number of thioether (sulfide) groups is 1. The minimum absolute atomic E-state index is 0.0791. The van der Waals surface area contributed by atoms with Gasteiger partial charge in [0.2, 0.25) is 5.91 Å². The molecule has 1 aliphatic rings. The lowest BCUT2D eigenvalue weighted by Crippen LogP contribution is -2.24. The zero-order chi connectivity index (χ0) is 24.0. The van der Waals surface area contributed by atoms with E-state index in [1.807, 2.05) is 34.9 Å². The number of nitrogens with zero attached hydrogens (tertiary/aromatic N) is 4. The number of para-hydroxylation sites is 1. The molecular weight excluding hydrogens is 461 g/mol. The van der Waals surface area contributed by atoms with Crippen LogP contribution >= 0.6 is 11.8 Å². The van der Waals surface area contributed by atoms with E-state index in [9.17, 15) is 9.18 Å². The highest BCUT2D eigenvalue weighted by Gasteiger charge is 2.17. The summed E-state index contributed by atoms with van der Waals surface area (Å²) >= 11 is 1.32. The van der Waals surface area contributed by atoms with E-state index < -0.39 is 0 Å². The Morgan fingerprint density at radius 3 is 2.31 bits per heavy atom. The Morgan fingerprint density at radius 1 is 0.886 bits per heavy atom. The third kappa shape index (κ3) is 5.54. The molecule has 1 amide bonds. The summed E-state index contributed by atoms with van der Waals surface area (Å²) in [5.74, 6) is 0.415. The smallest absolute Gasteiger partial charge is 0.230 e. The first-order valence-electron chi connectivity index (χ1n) is 11.7. The fraction of sp³-hybridized carbons (Fsp3) is 0.222. The molecule has 1 fully saturated rings. The average Bonchev–Trinajstić information content (AvgIpc) is 3.58. The minimum atomic E-state index is -0.309. The number of nitrogens with one attached hydrogen (secondary N) is 1. The number of aromatic nitrogens is 3. The van der Waals surface area contributed by atoms with Gasteiger partial charge in [-0.05, 0) is 66.9 Å². The molecule has 1 saturated heterocycles. The molecule has 0 atom stereocenters. The van der Waals surface area contributed by atoms with Crippen molar-refractivity contribution in [3.8, 4) is 17.1 Å². The van der Waals surface area contributed by atoms with Crippen molar-refractivity contribution < 1.29 is 9.18 Å². The molecule has 0 saturated carbocycles. The van der Waals surface area contributed by atoms with Crippen LogP contribution in [0.1, 0.15) is 18.4 Å². The highest BCUT2D eigenvalue weighted by Crippen LogP contribution is 2.28. The fourth-order valence-electron chi connectivity index (χ4n) is 4.14. The van der Waals surface area contributed by atoms with Crippen LogP contribution in [0.4, 0.5) is 10.1 Å². The van der Waals surface area contributed by atoms with Crippen molar-refractivity contribution in [2.75, 3.05) is 23.7 Å². The molecule has 178 valence electrons. The van der Waals surface area contributed by atoms with Crippen LogP contribution in [0.25, 0.3) is 17.1 Å². The van der Waals surface area contributed by atoms with E-state index in [4.69, 9.17) is 0 Å². The van der Waals surface area contributed by atoms with Gasteiger partial charge >= 0.3 is 0 Å². The van der Waals surface area contributed by atoms with Crippen LogP contribution in [0.2, 0.25) is 0 Å². The van der Waals surface area contributed by atoms with Crippen LogP contribution in [-0.2, 0) is 11.3 Å². The number of hydrogen-bond donors (Lipinski definition) is 1. The Hall–Kier alpha value is -3.65. The molecular formula is C27H26FN5OS. The minimum Gasteiger partial charge on any atom is -0.372 e. The Labute approximate surface area is 208 Å². The van der Waals surface area contributed by atoms with Gasteiger partial charge in [-0.25, -0.2) is 4.39 Å². The van der Waals surface area contributed by atoms with Crippen molar-refractivity contribution in [1.82, 2.24) is 20.1 Å². The van der Waals surface area contributed by atoms with E-state index in [1.165, 1.54) is 42.4 Å². The lowest BCUT2D eigenvalue weighted by molar-refractivity contribution is -0.118. The van der Waals surface area contributed by atoms with Gasteiger partial charge in [0, 0.05) is 36.6 Å². The Balaban J connectivity index is 1.24. The summed E-state index contributed by atoms with van der Waals surface area (Å²) in [6.45, 7) is 2.71. The van der Waals surface area contributed by atoms with E-state index in [2.05, 4.69) is 44.7 Å². The molecule has 1 aliphatic heterocycles. The van der Waals surface area contributed by atoms with Crippen LogP contribution < -0.4 is 10.2 Å². The topological polar surface area (TPSA) is 63.1 Å². The molecule has 0 spiro atoms. The molecule has 0 unspecified atom stereocenters. The maximum Gasteiger partial charge on any atom is 0.230 e. The van der Waals surface area contributed by atoms with Gasteiger partial charge in [-0.15, -0.1) is 10.2 Å². The summed E-state index contributed by atoms with van der Waals surface area (Å²) in [4.78, 5) is 15.0. The van der Waals surface area contributed by atoms with Crippen molar-refractivity contribution in [2.24, 2.45) is 0 Å². The van der Waals surface area contributed by atoms with Crippen LogP contribution in [-0.4, -0.2) is 39.5 Å². The van der Waals surface area contributed by atoms with Gasteiger partial charge < -0.3 is 10.2 Å². The van der Waals surface area contributed by atoms with E-state index >= 15 is 0 Å². The summed E-state index contributed by atoms with van der Waals surface area (Å²) in [6.07, 6.45) is 2.50. The third-order valence-corrected chi connectivity index (χ3v) is 6.91. The number of carbonyl (C=O) groups is 1. The zero-order valence-electron chi connectivity index (χ0n) is 19.2. The van der Waals surface area contributed by atoms with Crippen molar-refractivity contribution >= 4 is 23.4 Å². The summed E-state index contributed by atoms with van der Waals surface area (Å²) in [6, 6.07) is 24.2. The molecule has 4 aromatic rings. The summed E-state index contributed by atoms with van der Waals surface area (Å²) in [5, 5.41) is 12.3. The van der Waals surface area contributed by atoms with Gasteiger partial charge in [0.05, 0.1) is 5.75 Å². The molecule has 6 nitrogen and oxygen atoms in total. The lowest BCUT2D eigenvalue weighted by Gasteiger charge is -2.17. The van der Waals surface area contributed by atoms with Gasteiger partial charge in [-0.3, -0.25) is 9.36 Å². The molecule has 1 N–H and O–H groups in total. The number of rotatable bonds is 8. The standard InChI is InChI=1S/C27H26FN5OS/c28-22-12-10-21(11-13-22)26-30-31-27(33(26)24-6-2-1-3-7-24)35-19-25(34)29-18-20-8-14-23(15-9-20)32-16-4-5-17-32/h1-3,6-15H,4-5,16-19H2,(H,29,34). The van der Waals surface area contributed by atoms with E-state index in [1.54, 1.807) is 12.1 Å². The average molecular weight is 488 g/mol. The SMILES string of the molecule is O=C(CSc1nnc(-c2ccc(F)cc2)n1-c1ccccc1)NCc1ccc(N2CCCC2)cc1. The highest BCUT2D eigenvalue weighted by atomic mass is 32.2. The predicted molar refractivity (Wildman–Crippen MR) is 137 cm³/mol. The number of halogens is 1. The van der Waals surface area contributed by atoms with Gasteiger partial charge in [0.15, 0.2) is 11.0 Å². The third-order valence-electron chi connectivity index (χ3n) is 5.98. The van der Waals surface area contributed by atoms with E-state index in [0.29, 0.717) is 17.5 Å².